The molecule has 1 N–H and O–H groups in total. The van der Waals surface area contributed by atoms with E-state index in [0.29, 0.717) is 36.2 Å². The predicted octanol–water partition coefficient (Wildman–Crippen LogP) is 5.32. The first-order valence-electron chi connectivity index (χ1n) is 10.2. The minimum absolute atomic E-state index is 0.163. The maximum Gasteiger partial charge on any atom is 0.241 e. The van der Waals surface area contributed by atoms with E-state index in [0.717, 1.165) is 5.56 Å². The average Bonchev–Trinajstić information content (AvgIpc) is 2.76. The maximum absolute atomic E-state index is 12.9. The zero-order chi connectivity index (χ0) is 22.3. The molecule has 0 radical (unpaired) electrons. The van der Waals surface area contributed by atoms with Gasteiger partial charge in [-0.15, -0.1) is 0 Å². The number of nitrogens with one attached hydrogen (secondary N) is 1. The van der Waals surface area contributed by atoms with E-state index in [2.05, 4.69) is 4.72 Å². The van der Waals surface area contributed by atoms with Crippen molar-refractivity contribution in [1.29, 1.82) is 0 Å². The Morgan fingerprint density at radius 2 is 1.42 bits per heavy atom. The number of sulfonamides is 1. The monoisotopic (exact) mass is 441 g/mol. The van der Waals surface area contributed by atoms with Crippen LogP contribution in [-0.4, -0.2) is 21.6 Å². The molecule has 0 aliphatic carbocycles. The summed E-state index contributed by atoms with van der Waals surface area (Å²) in [6, 6.07) is 20.6. The Balaban J connectivity index is 1.73. The third-order valence-electron chi connectivity index (χ3n) is 4.51. The van der Waals surface area contributed by atoms with Crippen molar-refractivity contribution in [3.8, 4) is 23.0 Å². The third-order valence-corrected chi connectivity index (χ3v) is 6.07. The molecule has 0 saturated carbocycles. The Morgan fingerprint density at radius 1 is 0.806 bits per heavy atom. The van der Waals surface area contributed by atoms with Crippen molar-refractivity contribution in [2.24, 2.45) is 0 Å². The Bertz CT molecular complexity index is 1080. The Kier molecular flexibility index (Phi) is 7.55. The molecule has 0 saturated heterocycles. The summed E-state index contributed by atoms with van der Waals surface area (Å²) in [7, 11) is -3.72. The lowest BCUT2D eigenvalue weighted by atomic mass is 10.1. The molecular weight excluding hydrogens is 414 g/mol. The molecule has 0 heterocycles. The molecule has 0 aliphatic rings. The summed E-state index contributed by atoms with van der Waals surface area (Å²) in [5.41, 5.74) is 0.777. The van der Waals surface area contributed by atoms with Gasteiger partial charge in [0.05, 0.1) is 18.1 Å². The van der Waals surface area contributed by atoms with E-state index in [-0.39, 0.29) is 4.90 Å². The van der Waals surface area contributed by atoms with Crippen LogP contribution in [0.4, 0.5) is 0 Å². The quantitative estimate of drug-likeness (QED) is 0.461. The molecule has 0 amide bonds. The first-order valence-corrected chi connectivity index (χ1v) is 11.7. The minimum atomic E-state index is -3.72. The molecular formula is C24H27NO5S. The molecule has 6 nitrogen and oxygen atoms in total. The van der Waals surface area contributed by atoms with Crippen molar-refractivity contribution in [2.75, 3.05) is 13.2 Å². The SMILES string of the molecule is CCOc1ccc([C@H](C)NS(=O)(=O)c2ccc(Oc3ccccc3)cc2)cc1OCC. The molecule has 0 aliphatic heterocycles. The predicted molar refractivity (Wildman–Crippen MR) is 120 cm³/mol. The number of ether oxygens (including phenoxy) is 3. The maximum atomic E-state index is 12.9. The lowest BCUT2D eigenvalue weighted by Crippen LogP contribution is -2.26. The van der Waals surface area contributed by atoms with Crippen LogP contribution in [0.2, 0.25) is 0 Å². The topological polar surface area (TPSA) is 73.9 Å². The highest BCUT2D eigenvalue weighted by Gasteiger charge is 2.20. The van der Waals surface area contributed by atoms with Crippen LogP contribution in [0.1, 0.15) is 32.4 Å². The fourth-order valence-electron chi connectivity index (χ4n) is 3.02. The lowest BCUT2D eigenvalue weighted by Gasteiger charge is -2.18. The van der Waals surface area contributed by atoms with Gasteiger partial charge in [0, 0.05) is 6.04 Å². The van der Waals surface area contributed by atoms with Gasteiger partial charge in [-0.3, -0.25) is 0 Å². The molecule has 0 unspecified atom stereocenters. The number of benzene rings is 3. The smallest absolute Gasteiger partial charge is 0.241 e. The van der Waals surface area contributed by atoms with Crippen LogP contribution in [0.25, 0.3) is 0 Å². The average molecular weight is 442 g/mol. The van der Waals surface area contributed by atoms with Gasteiger partial charge in [0.2, 0.25) is 10.0 Å². The molecule has 0 bridgehead atoms. The van der Waals surface area contributed by atoms with Crippen molar-refractivity contribution in [1.82, 2.24) is 4.72 Å². The Hall–Kier alpha value is -3.03. The lowest BCUT2D eigenvalue weighted by molar-refractivity contribution is 0.287. The van der Waals surface area contributed by atoms with Crippen LogP contribution in [0.15, 0.2) is 77.7 Å². The summed E-state index contributed by atoms with van der Waals surface area (Å²) in [5, 5.41) is 0. The van der Waals surface area contributed by atoms with Crippen LogP contribution in [-0.2, 0) is 10.0 Å². The first kappa shape index (κ1) is 22.7. The van der Waals surface area contributed by atoms with Crippen LogP contribution in [0.5, 0.6) is 23.0 Å². The highest BCUT2D eigenvalue weighted by molar-refractivity contribution is 7.89. The molecule has 0 aromatic heterocycles. The van der Waals surface area contributed by atoms with Crippen molar-refractivity contribution in [3.05, 3.63) is 78.4 Å². The molecule has 3 aromatic carbocycles. The van der Waals surface area contributed by atoms with Crippen LogP contribution < -0.4 is 18.9 Å². The van der Waals surface area contributed by atoms with Gasteiger partial charge in [-0.1, -0.05) is 24.3 Å². The Morgan fingerprint density at radius 3 is 2.06 bits per heavy atom. The van der Waals surface area contributed by atoms with Crippen LogP contribution in [0, 0.1) is 0 Å². The highest BCUT2D eigenvalue weighted by atomic mass is 32.2. The zero-order valence-electron chi connectivity index (χ0n) is 17.9. The number of hydrogen-bond donors (Lipinski definition) is 1. The largest absolute Gasteiger partial charge is 0.490 e. The summed E-state index contributed by atoms with van der Waals surface area (Å²) in [5.74, 6) is 2.48. The highest BCUT2D eigenvalue weighted by Crippen LogP contribution is 2.31. The van der Waals surface area contributed by atoms with E-state index < -0.39 is 16.1 Å². The van der Waals surface area contributed by atoms with E-state index in [9.17, 15) is 8.42 Å². The molecule has 3 rings (SSSR count). The van der Waals surface area contributed by atoms with Crippen molar-refractivity contribution in [3.63, 3.8) is 0 Å². The molecule has 3 aromatic rings. The van der Waals surface area contributed by atoms with E-state index in [1.54, 1.807) is 31.2 Å². The fraction of sp³-hybridized carbons (Fsp3) is 0.250. The first-order chi connectivity index (χ1) is 14.9. The van der Waals surface area contributed by atoms with Gasteiger partial charge in [0.15, 0.2) is 11.5 Å². The molecule has 31 heavy (non-hydrogen) atoms. The van der Waals surface area contributed by atoms with Gasteiger partial charge < -0.3 is 14.2 Å². The summed E-state index contributed by atoms with van der Waals surface area (Å²) in [6.07, 6.45) is 0. The van der Waals surface area contributed by atoms with Crippen LogP contribution >= 0.6 is 0 Å². The third kappa shape index (κ3) is 5.99. The summed E-state index contributed by atoms with van der Waals surface area (Å²) >= 11 is 0. The normalized spacial score (nSPS) is 12.2. The van der Waals surface area contributed by atoms with Gasteiger partial charge >= 0.3 is 0 Å². The van der Waals surface area contributed by atoms with Gasteiger partial charge in [-0.05, 0) is 74.9 Å². The Labute approximate surface area is 183 Å². The van der Waals surface area contributed by atoms with E-state index in [1.165, 1.54) is 12.1 Å². The fourth-order valence-corrected chi connectivity index (χ4v) is 4.25. The summed E-state index contributed by atoms with van der Waals surface area (Å²) < 4.78 is 45.4. The second-order valence-electron chi connectivity index (χ2n) is 6.80. The molecule has 0 fully saturated rings. The van der Waals surface area contributed by atoms with Gasteiger partial charge in [-0.25, -0.2) is 13.1 Å². The summed E-state index contributed by atoms with van der Waals surface area (Å²) in [6.45, 7) is 6.58. The second kappa shape index (κ2) is 10.3. The minimum Gasteiger partial charge on any atom is -0.490 e. The molecule has 7 heteroatoms. The van der Waals surface area contributed by atoms with Crippen molar-refractivity contribution in [2.45, 2.75) is 31.7 Å². The van der Waals surface area contributed by atoms with Crippen LogP contribution in [0.3, 0.4) is 0 Å². The van der Waals surface area contributed by atoms with Gasteiger partial charge in [0.1, 0.15) is 11.5 Å². The van der Waals surface area contributed by atoms with E-state index in [4.69, 9.17) is 14.2 Å². The number of hydrogen-bond acceptors (Lipinski definition) is 5. The second-order valence-corrected chi connectivity index (χ2v) is 8.52. The van der Waals surface area contributed by atoms with E-state index >= 15 is 0 Å². The molecule has 1 atom stereocenters. The van der Waals surface area contributed by atoms with Crippen molar-refractivity contribution >= 4 is 10.0 Å². The summed E-state index contributed by atoms with van der Waals surface area (Å²) in [4.78, 5) is 0.163. The number of rotatable bonds is 10. The van der Waals surface area contributed by atoms with Crippen molar-refractivity contribution < 1.29 is 22.6 Å². The van der Waals surface area contributed by atoms with Gasteiger partial charge in [-0.2, -0.15) is 0 Å². The molecule has 164 valence electrons. The van der Waals surface area contributed by atoms with E-state index in [1.807, 2.05) is 50.2 Å². The standard InChI is InChI=1S/C24H27NO5S/c1-4-28-23-16-11-19(17-24(23)29-5-2)18(3)25-31(26,27)22-14-12-21(13-15-22)30-20-9-7-6-8-10-20/h6-18,25H,4-5H2,1-3H3/t18-/m0/s1. The number of para-hydroxylation sites is 1. The van der Waals surface area contributed by atoms with Gasteiger partial charge in [0.25, 0.3) is 0 Å². The molecule has 0 spiro atoms. The zero-order valence-corrected chi connectivity index (χ0v) is 18.7.